The third-order valence-electron chi connectivity index (χ3n) is 3.14. The topological polar surface area (TPSA) is 71.0 Å². The van der Waals surface area contributed by atoms with Gasteiger partial charge in [0.15, 0.2) is 5.96 Å². The van der Waals surface area contributed by atoms with Crippen molar-refractivity contribution in [3.05, 3.63) is 23.9 Å². The molecule has 0 aliphatic heterocycles. The van der Waals surface area contributed by atoms with Gasteiger partial charge in [-0.15, -0.1) is 0 Å². The van der Waals surface area contributed by atoms with Crippen molar-refractivity contribution in [1.82, 2.24) is 15.6 Å². The Hall–Kier alpha value is -1.86. The highest BCUT2D eigenvalue weighted by Crippen LogP contribution is 2.08. The largest absolute Gasteiger partial charge is 0.382 e. The number of hydrogen-bond acceptors (Lipinski definition) is 5. The molecule has 1 heterocycles. The van der Waals surface area contributed by atoms with Gasteiger partial charge in [-0.3, -0.25) is 4.99 Å². The Bertz CT molecular complexity index is 466. The van der Waals surface area contributed by atoms with Crippen LogP contribution in [0, 0.1) is 0 Å². The fourth-order valence-electron chi connectivity index (χ4n) is 1.85. The van der Waals surface area contributed by atoms with Gasteiger partial charge in [0.2, 0.25) is 0 Å². The minimum atomic E-state index is 0.636. The molecule has 0 saturated heterocycles. The van der Waals surface area contributed by atoms with Crippen LogP contribution in [0.2, 0.25) is 0 Å². The minimum Gasteiger partial charge on any atom is -0.382 e. The van der Waals surface area contributed by atoms with Gasteiger partial charge in [0.25, 0.3) is 0 Å². The van der Waals surface area contributed by atoms with Crippen molar-refractivity contribution in [1.29, 1.82) is 0 Å². The Labute approximate surface area is 139 Å². The minimum absolute atomic E-state index is 0.636. The predicted molar refractivity (Wildman–Crippen MR) is 94.1 cm³/mol. The van der Waals surface area contributed by atoms with E-state index in [1.807, 2.05) is 31.3 Å². The van der Waals surface area contributed by atoms with Gasteiger partial charge in [-0.25, -0.2) is 4.98 Å². The first kappa shape index (κ1) is 19.2. The number of rotatable bonds is 10. The van der Waals surface area contributed by atoms with Crippen LogP contribution >= 0.6 is 0 Å². The maximum Gasteiger partial charge on any atom is 0.191 e. The Morgan fingerprint density at radius 2 is 2.09 bits per heavy atom. The van der Waals surface area contributed by atoms with Crippen molar-refractivity contribution in [2.75, 3.05) is 59.5 Å². The van der Waals surface area contributed by atoms with Crippen molar-refractivity contribution in [3.63, 3.8) is 0 Å². The first-order valence-corrected chi connectivity index (χ1v) is 7.80. The van der Waals surface area contributed by atoms with Crippen molar-refractivity contribution >= 4 is 11.8 Å². The standard InChI is InChI=1S/C16H29N5O2/c1-17-16(19-7-5-9-23-11-10-22-4)20-13-14-6-8-18-15(12-14)21(2)3/h6,8,12H,5,7,9-11,13H2,1-4H3,(H2,17,19,20). The summed E-state index contributed by atoms with van der Waals surface area (Å²) in [4.78, 5) is 10.5. The molecule has 0 aliphatic carbocycles. The first-order chi connectivity index (χ1) is 11.2. The molecule has 0 saturated carbocycles. The molecule has 2 N–H and O–H groups in total. The van der Waals surface area contributed by atoms with E-state index in [0.29, 0.717) is 26.4 Å². The monoisotopic (exact) mass is 323 g/mol. The number of guanidine groups is 1. The molecule has 1 rings (SSSR count). The normalized spacial score (nSPS) is 11.4. The second-order valence-electron chi connectivity index (χ2n) is 5.23. The molecule has 1 aromatic rings. The van der Waals surface area contributed by atoms with Crippen molar-refractivity contribution in [2.24, 2.45) is 4.99 Å². The molecule has 7 nitrogen and oxygen atoms in total. The van der Waals surface area contributed by atoms with Gasteiger partial charge < -0.3 is 25.0 Å². The molecular formula is C16H29N5O2. The van der Waals surface area contributed by atoms with Crippen molar-refractivity contribution < 1.29 is 9.47 Å². The maximum atomic E-state index is 5.42. The number of anilines is 1. The van der Waals surface area contributed by atoms with Gasteiger partial charge in [-0.2, -0.15) is 0 Å². The van der Waals surface area contributed by atoms with E-state index in [4.69, 9.17) is 9.47 Å². The number of pyridine rings is 1. The van der Waals surface area contributed by atoms with Crippen molar-refractivity contribution in [2.45, 2.75) is 13.0 Å². The quantitative estimate of drug-likeness (QED) is 0.378. The van der Waals surface area contributed by atoms with Crippen LogP contribution in [-0.4, -0.2) is 65.6 Å². The zero-order valence-electron chi connectivity index (χ0n) is 14.6. The molecule has 0 bridgehead atoms. The Kier molecular flexibility index (Phi) is 9.74. The molecule has 0 spiro atoms. The lowest BCUT2D eigenvalue weighted by Gasteiger charge is -2.14. The summed E-state index contributed by atoms with van der Waals surface area (Å²) in [6.45, 7) is 3.50. The zero-order chi connectivity index (χ0) is 16.9. The van der Waals surface area contributed by atoms with Gasteiger partial charge in [-0.1, -0.05) is 0 Å². The summed E-state index contributed by atoms with van der Waals surface area (Å²) in [5.74, 6) is 1.73. The molecule has 130 valence electrons. The number of aliphatic imine (C=N–C) groups is 1. The smallest absolute Gasteiger partial charge is 0.191 e. The second-order valence-corrected chi connectivity index (χ2v) is 5.23. The van der Waals surface area contributed by atoms with Gasteiger partial charge >= 0.3 is 0 Å². The van der Waals surface area contributed by atoms with Gasteiger partial charge in [0.1, 0.15) is 5.82 Å². The van der Waals surface area contributed by atoms with E-state index in [1.54, 1.807) is 14.2 Å². The van der Waals surface area contributed by atoms with Crippen LogP contribution in [0.3, 0.4) is 0 Å². The predicted octanol–water partition coefficient (Wildman–Crippen LogP) is 0.866. The SMILES string of the molecule is CN=C(NCCCOCCOC)NCc1ccnc(N(C)C)c1. The van der Waals surface area contributed by atoms with E-state index in [9.17, 15) is 0 Å². The maximum absolute atomic E-state index is 5.42. The molecule has 0 amide bonds. The molecule has 23 heavy (non-hydrogen) atoms. The fourth-order valence-corrected chi connectivity index (χ4v) is 1.85. The number of hydrogen-bond donors (Lipinski definition) is 2. The van der Waals surface area contributed by atoms with Gasteiger partial charge in [0.05, 0.1) is 13.2 Å². The van der Waals surface area contributed by atoms with Crippen LogP contribution in [-0.2, 0) is 16.0 Å². The van der Waals surface area contributed by atoms with Crippen LogP contribution < -0.4 is 15.5 Å². The molecule has 0 atom stereocenters. The summed E-state index contributed by atoms with van der Waals surface area (Å²) in [5, 5.41) is 6.56. The molecule has 0 unspecified atom stereocenters. The lowest BCUT2D eigenvalue weighted by molar-refractivity contribution is 0.0698. The second kappa shape index (κ2) is 11.7. The average Bonchev–Trinajstić information content (AvgIpc) is 2.57. The van der Waals surface area contributed by atoms with Crippen LogP contribution in [0.4, 0.5) is 5.82 Å². The summed E-state index contributed by atoms with van der Waals surface area (Å²) >= 11 is 0. The van der Waals surface area contributed by atoms with E-state index >= 15 is 0 Å². The Balaban J connectivity index is 2.25. The molecule has 1 aromatic heterocycles. The number of nitrogens with one attached hydrogen (secondary N) is 2. The van der Waals surface area contributed by atoms with E-state index in [0.717, 1.165) is 30.3 Å². The van der Waals surface area contributed by atoms with E-state index in [2.05, 4.69) is 26.7 Å². The fraction of sp³-hybridized carbons (Fsp3) is 0.625. The summed E-state index contributed by atoms with van der Waals surface area (Å²) in [5.41, 5.74) is 1.16. The number of nitrogens with zero attached hydrogens (tertiary/aromatic N) is 3. The summed E-state index contributed by atoms with van der Waals surface area (Å²) in [6, 6.07) is 4.06. The average molecular weight is 323 g/mol. The molecule has 0 fully saturated rings. The Morgan fingerprint density at radius 3 is 2.78 bits per heavy atom. The number of ether oxygens (including phenoxy) is 2. The highest BCUT2D eigenvalue weighted by atomic mass is 16.5. The van der Waals surface area contributed by atoms with Crippen LogP contribution in [0.1, 0.15) is 12.0 Å². The van der Waals surface area contributed by atoms with E-state index in [-0.39, 0.29) is 0 Å². The summed E-state index contributed by atoms with van der Waals surface area (Å²) in [7, 11) is 7.40. The van der Waals surface area contributed by atoms with E-state index < -0.39 is 0 Å². The number of methoxy groups -OCH3 is 1. The third kappa shape index (κ3) is 8.37. The first-order valence-electron chi connectivity index (χ1n) is 7.80. The highest BCUT2D eigenvalue weighted by molar-refractivity contribution is 5.79. The lowest BCUT2D eigenvalue weighted by atomic mass is 10.2. The summed E-state index contributed by atoms with van der Waals surface area (Å²) in [6.07, 6.45) is 2.74. The lowest BCUT2D eigenvalue weighted by Crippen LogP contribution is -2.37. The Morgan fingerprint density at radius 1 is 1.26 bits per heavy atom. The molecule has 7 heteroatoms. The molecular weight excluding hydrogens is 294 g/mol. The van der Waals surface area contributed by atoms with Crippen LogP contribution in [0.5, 0.6) is 0 Å². The zero-order valence-corrected chi connectivity index (χ0v) is 14.6. The third-order valence-corrected chi connectivity index (χ3v) is 3.14. The van der Waals surface area contributed by atoms with Crippen LogP contribution in [0.25, 0.3) is 0 Å². The highest BCUT2D eigenvalue weighted by Gasteiger charge is 2.01. The molecule has 0 radical (unpaired) electrons. The summed E-state index contributed by atoms with van der Waals surface area (Å²) < 4.78 is 10.3. The van der Waals surface area contributed by atoms with Crippen LogP contribution in [0.15, 0.2) is 23.3 Å². The van der Waals surface area contributed by atoms with Gasteiger partial charge in [-0.05, 0) is 24.1 Å². The van der Waals surface area contributed by atoms with E-state index in [1.165, 1.54) is 0 Å². The van der Waals surface area contributed by atoms with Gasteiger partial charge in [0, 0.05) is 54.1 Å². The molecule has 0 aromatic carbocycles. The number of aromatic nitrogens is 1. The molecule has 0 aliphatic rings. The van der Waals surface area contributed by atoms with Crippen molar-refractivity contribution in [3.8, 4) is 0 Å².